The zero-order valence-corrected chi connectivity index (χ0v) is 4.33. The Morgan fingerprint density at radius 3 is 1.25 bits per heavy atom. The van der Waals surface area contributed by atoms with Crippen molar-refractivity contribution in [2.24, 2.45) is 0 Å². The third kappa shape index (κ3) is 231. The maximum absolute atomic E-state index is 8.67. The van der Waals surface area contributed by atoms with Crippen LogP contribution >= 0.6 is 0 Å². The molecular weight excluding hydrogens is 140 g/mol. The third-order valence-electron chi connectivity index (χ3n) is 0. The van der Waals surface area contributed by atoms with Gasteiger partial charge in [0.1, 0.15) is 0 Å². The molecule has 0 fully saturated rings. The third-order valence-corrected chi connectivity index (χ3v) is 0. The minimum Gasteiger partial charge on any atom is -0.450 e. The van der Waals surface area contributed by atoms with Crippen molar-refractivity contribution in [1.82, 2.24) is 0 Å². The largest absolute Gasteiger partial charge is 0.503 e. The van der Waals surface area contributed by atoms with E-state index in [1.165, 1.54) is 0 Å². The van der Waals surface area contributed by atoms with E-state index in [2.05, 4.69) is 0 Å². The highest BCUT2D eigenvalue weighted by Gasteiger charge is 1.70. The second-order valence-corrected chi connectivity index (χ2v) is 0.975. The number of hydrogen-bond donors (Lipinski definition) is 4. The molecule has 0 atom stereocenters. The van der Waals surface area contributed by atoms with Crippen molar-refractivity contribution in [2.75, 3.05) is 0 Å². The highest BCUT2D eigenvalue weighted by Crippen LogP contribution is 1.44. The van der Waals surface area contributed by atoms with Crippen molar-refractivity contribution in [1.29, 1.82) is 0 Å². The van der Waals surface area contributed by atoms with Crippen LogP contribution in [0, 0.1) is 0 Å². The van der Waals surface area contributed by atoms with Gasteiger partial charge in [0.05, 0.1) is 0 Å². The van der Waals surface area contributed by atoms with E-state index >= 15 is 0 Å². The number of rotatable bonds is 0. The summed E-state index contributed by atoms with van der Waals surface area (Å²) in [7, 11) is 0. The molecule has 0 aliphatic rings. The van der Waals surface area contributed by atoms with Gasteiger partial charge >= 0.3 is 6.16 Å². The van der Waals surface area contributed by atoms with Gasteiger partial charge in [-0.05, 0) is 0 Å². The highest BCUT2D eigenvalue weighted by atomic mass is 32.2. The average molecular weight is 144 g/mol. The van der Waals surface area contributed by atoms with E-state index in [-0.39, 0.29) is 0 Å². The molecule has 0 unspecified atom stereocenters. The monoisotopic (exact) mass is 144 g/mol. The molecule has 6 nitrogen and oxygen atoms in total. The predicted molar refractivity (Wildman–Crippen MR) is 24.1 cm³/mol. The topological polar surface area (TPSA) is 115 Å². The lowest BCUT2D eigenvalue weighted by molar-refractivity contribution is 0.137. The SMILES string of the molecule is O=C(O)O.O=S(O)O. The molecule has 0 radical (unpaired) electrons. The van der Waals surface area contributed by atoms with E-state index in [0.29, 0.717) is 0 Å². The molecule has 0 saturated carbocycles. The fraction of sp³-hybridized carbons (Fsp3) is 0. The Morgan fingerprint density at radius 2 is 1.25 bits per heavy atom. The molecule has 0 rings (SSSR count). The molecule has 50 valence electrons. The molecule has 4 N–H and O–H groups in total. The number of carbonyl (C=O) groups is 1. The zero-order valence-electron chi connectivity index (χ0n) is 3.51. The fourth-order valence-corrected chi connectivity index (χ4v) is 0. The normalized spacial score (nSPS) is 7.38. The van der Waals surface area contributed by atoms with E-state index < -0.39 is 17.5 Å². The second kappa shape index (κ2) is 6.34. The van der Waals surface area contributed by atoms with Crippen molar-refractivity contribution < 1.29 is 28.3 Å². The molecule has 0 heterocycles. The van der Waals surface area contributed by atoms with Crippen LogP contribution in [-0.4, -0.2) is 29.7 Å². The Labute approximate surface area is 46.9 Å². The molecule has 0 bridgehead atoms. The molecule has 0 aromatic rings. The lowest BCUT2D eigenvalue weighted by atomic mass is 11.5. The van der Waals surface area contributed by atoms with Crippen LogP contribution in [0.2, 0.25) is 0 Å². The highest BCUT2D eigenvalue weighted by molar-refractivity contribution is 7.73. The van der Waals surface area contributed by atoms with Crippen molar-refractivity contribution in [3.63, 3.8) is 0 Å². The van der Waals surface area contributed by atoms with Crippen molar-refractivity contribution in [2.45, 2.75) is 0 Å². The van der Waals surface area contributed by atoms with Crippen LogP contribution in [0.25, 0.3) is 0 Å². The molecule has 0 spiro atoms. The molecule has 8 heavy (non-hydrogen) atoms. The molecular formula is CH4O6S. The van der Waals surface area contributed by atoms with Gasteiger partial charge in [-0.2, -0.15) is 4.21 Å². The van der Waals surface area contributed by atoms with E-state index in [9.17, 15) is 0 Å². The van der Waals surface area contributed by atoms with Crippen LogP contribution in [-0.2, 0) is 11.4 Å². The number of carboxylic acid groups (broad SMARTS) is 2. The lowest BCUT2D eigenvalue weighted by Gasteiger charge is -1.60. The van der Waals surface area contributed by atoms with Gasteiger partial charge in [-0.3, -0.25) is 9.11 Å². The Kier molecular flexibility index (Phi) is 8.20. The van der Waals surface area contributed by atoms with E-state index in [4.69, 9.17) is 28.3 Å². The first-order chi connectivity index (χ1) is 3.46. The molecule has 0 aromatic heterocycles. The Morgan fingerprint density at radius 1 is 1.25 bits per heavy atom. The summed E-state index contributed by atoms with van der Waals surface area (Å²) < 4.78 is 22.8. The van der Waals surface area contributed by atoms with Crippen molar-refractivity contribution in [3.8, 4) is 0 Å². The van der Waals surface area contributed by atoms with Gasteiger partial charge in [0.25, 0.3) is 11.4 Å². The van der Waals surface area contributed by atoms with Crippen LogP contribution in [0.1, 0.15) is 0 Å². The molecule has 0 aliphatic heterocycles. The first-order valence-electron chi connectivity index (χ1n) is 1.18. The summed E-state index contributed by atoms with van der Waals surface area (Å²) in [6.45, 7) is 0. The van der Waals surface area contributed by atoms with Gasteiger partial charge in [0.2, 0.25) is 0 Å². The minimum atomic E-state index is -2.61. The summed E-state index contributed by atoms with van der Waals surface area (Å²) in [5.41, 5.74) is 0. The summed E-state index contributed by atoms with van der Waals surface area (Å²) in [4.78, 5) is 8.56. The Bertz CT molecular complexity index is 66.5. The standard InChI is InChI=1S/CH2O3.H2O3S/c2-1(3)4;1-4(2)3/h(H2,2,3,4);(H2,1,2,3). The number of hydrogen-bond acceptors (Lipinski definition) is 2. The quantitative estimate of drug-likeness (QED) is 0.353. The lowest BCUT2D eigenvalue weighted by Crippen LogP contribution is -1.81. The van der Waals surface area contributed by atoms with Crippen LogP contribution in [0.5, 0.6) is 0 Å². The van der Waals surface area contributed by atoms with Gasteiger partial charge in [0.15, 0.2) is 0 Å². The van der Waals surface area contributed by atoms with Crippen molar-refractivity contribution in [3.05, 3.63) is 0 Å². The van der Waals surface area contributed by atoms with E-state index in [1.54, 1.807) is 0 Å². The minimum absolute atomic E-state index is 1.83. The predicted octanol–water partition coefficient (Wildman–Crippen LogP) is -0.0965. The van der Waals surface area contributed by atoms with Gasteiger partial charge in [-0.25, -0.2) is 4.79 Å². The van der Waals surface area contributed by atoms with Gasteiger partial charge in [-0.15, -0.1) is 0 Å². The molecule has 0 saturated heterocycles. The first-order valence-corrected chi connectivity index (χ1v) is 2.25. The molecule has 7 heteroatoms. The van der Waals surface area contributed by atoms with Gasteiger partial charge in [0, 0.05) is 0 Å². The summed E-state index contributed by atoms with van der Waals surface area (Å²) in [6.07, 6.45) is -1.83. The van der Waals surface area contributed by atoms with E-state index in [1.807, 2.05) is 0 Å². The zero-order chi connectivity index (χ0) is 7.15. The maximum Gasteiger partial charge on any atom is 0.503 e. The molecule has 0 aromatic carbocycles. The maximum atomic E-state index is 8.67. The second-order valence-electron chi connectivity index (χ2n) is 0.513. The van der Waals surface area contributed by atoms with Crippen LogP contribution in [0.15, 0.2) is 0 Å². The molecule has 0 amide bonds. The van der Waals surface area contributed by atoms with Crippen LogP contribution < -0.4 is 0 Å². The Balaban J connectivity index is 0. The summed E-state index contributed by atoms with van der Waals surface area (Å²) in [5, 5.41) is 13.9. The van der Waals surface area contributed by atoms with Crippen LogP contribution in [0.4, 0.5) is 4.79 Å². The smallest absolute Gasteiger partial charge is 0.450 e. The van der Waals surface area contributed by atoms with E-state index in [0.717, 1.165) is 0 Å². The summed E-state index contributed by atoms with van der Waals surface area (Å²) in [5.74, 6) is 0. The summed E-state index contributed by atoms with van der Waals surface area (Å²) in [6, 6.07) is 0. The fourth-order valence-electron chi connectivity index (χ4n) is 0. The van der Waals surface area contributed by atoms with Gasteiger partial charge < -0.3 is 10.2 Å². The Hall–Kier alpha value is -0.660. The first kappa shape index (κ1) is 10.3. The summed E-state index contributed by atoms with van der Waals surface area (Å²) >= 11 is -2.61. The van der Waals surface area contributed by atoms with Crippen molar-refractivity contribution >= 4 is 17.5 Å². The molecule has 0 aliphatic carbocycles. The average Bonchev–Trinajstić information content (AvgIpc) is 1.25. The van der Waals surface area contributed by atoms with Crippen LogP contribution in [0.3, 0.4) is 0 Å². The van der Waals surface area contributed by atoms with Gasteiger partial charge in [-0.1, -0.05) is 0 Å².